The molecule has 0 aromatic heterocycles. The number of ether oxygens (including phenoxy) is 2. The summed E-state index contributed by atoms with van der Waals surface area (Å²) in [6.45, 7) is 3.63. The summed E-state index contributed by atoms with van der Waals surface area (Å²) in [5, 5.41) is 54.7. The van der Waals surface area contributed by atoms with Gasteiger partial charge in [0, 0.05) is 6.42 Å². The van der Waals surface area contributed by atoms with Crippen molar-refractivity contribution in [2.75, 3.05) is 13.2 Å². The maximum Gasteiger partial charge on any atom is 0.220 e. The lowest BCUT2D eigenvalue weighted by Gasteiger charge is -2.40. The smallest absolute Gasteiger partial charge is 0.220 e. The SMILES string of the molecule is CC/C=C\C/C=C\C/C=C\C/C=C\C/C=C\C/C=C\C/C=C\C/C=C\C/C=C\C/C=C\C/C=C\C/C=C\CCCCC(=O)NC(COC1OC(CO)C(O)C(O)C1O)C(O)/C=C/CC/C=C/CC/C=C/CCCCCCCCCCCCCCCCCCCCC. The normalized spacial score (nSPS) is 18.9. The van der Waals surface area contributed by atoms with E-state index in [-0.39, 0.29) is 18.9 Å². The topological polar surface area (TPSA) is 149 Å². The standard InChI is InChI=1S/C82H133NO8/c1-3-5-7-9-11-13-15-17-19-21-23-25-27-29-31-33-34-35-36-37-38-39-40-41-42-44-46-48-50-52-54-56-58-60-62-64-66-68-70-72-78(86)83-75(74-90-82-81(89)80(88)79(87)77(73-84)91-82)76(85)71-69-67-65-63-61-59-57-55-53-51-49-47-45-43-32-30-28-26-24-22-20-18-16-14-12-10-8-6-4-2/h5,7,11,13,17,19,23,25,29,31,34-35,37-38,40-41,44,46,50,52-53,55-56,58,61-64,69,71,75-77,79-82,84-85,87-89H,3-4,6,8-10,12,14-16,18,20-22,24,26-28,30,32-33,36,39,42-43,45,47-49,51,54,57,59-60,65-68,70,72-74H2,1-2H3,(H,83,86)/b7-5-,13-11-,19-17-,25-23-,31-29-,35-34-,38-37-,41-40-,46-44-,52-50-,55-53+,58-56-,63-61+,64-62-,71-69+. The van der Waals surface area contributed by atoms with Gasteiger partial charge in [0.15, 0.2) is 6.29 Å². The van der Waals surface area contributed by atoms with Gasteiger partial charge in [-0.15, -0.1) is 0 Å². The highest BCUT2D eigenvalue weighted by atomic mass is 16.7. The van der Waals surface area contributed by atoms with E-state index in [2.05, 4.69) is 189 Å². The molecule has 9 heteroatoms. The van der Waals surface area contributed by atoms with E-state index in [1.807, 2.05) is 6.08 Å². The van der Waals surface area contributed by atoms with Crippen molar-refractivity contribution in [2.45, 2.75) is 314 Å². The van der Waals surface area contributed by atoms with Crippen LogP contribution < -0.4 is 5.32 Å². The lowest BCUT2D eigenvalue weighted by molar-refractivity contribution is -0.302. The van der Waals surface area contributed by atoms with Crippen molar-refractivity contribution >= 4 is 5.91 Å². The number of nitrogens with one attached hydrogen (secondary N) is 1. The van der Waals surface area contributed by atoms with E-state index >= 15 is 0 Å². The molecule has 7 unspecified atom stereocenters. The second kappa shape index (κ2) is 68.2. The number of rotatable bonds is 61. The summed E-state index contributed by atoms with van der Waals surface area (Å²) in [7, 11) is 0. The van der Waals surface area contributed by atoms with E-state index in [0.29, 0.717) is 12.8 Å². The van der Waals surface area contributed by atoms with E-state index < -0.39 is 49.5 Å². The largest absolute Gasteiger partial charge is 0.394 e. The van der Waals surface area contributed by atoms with Crippen LogP contribution in [-0.4, -0.2) is 87.5 Å². The van der Waals surface area contributed by atoms with Crippen LogP contribution in [-0.2, 0) is 14.3 Å². The van der Waals surface area contributed by atoms with E-state index in [4.69, 9.17) is 9.47 Å². The average molecular weight is 1260 g/mol. The maximum absolute atomic E-state index is 13.1. The Morgan fingerprint density at radius 1 is 0.385 bits per heavy atom. The molecule has 0 aromatic rings. The van der Waals surface area contributed by atoms with Gasteiger partial charge in [0.2, 0.25) is 5.91 Å². The van der Waals surface area contributed by atoms with Gasteiger partial charge in [0.05, 0.1) is 25.4 Å². The molecular weight excluding hydrogens is 1130 g/mol. The Morgan fingerprint density at radius 3 is 1.05 bits per heavy atom. The van der Waals surface area contributed by atoms with Gasteiger partial charge < -0.3 is 40.3 Å². The molecule has 6 N–H and O–H groups in total. The molecule has 0 aliphatic carbocycles. The Kier molecular flexibility index (Phi) is 63.1. The van der Waals surface area contributed by atoms with Gasteiger partial charge in [-0.25, -0.2) is 0 Å². The van der Waals surface area contributed by atoms with E-state index in [1.54, 1.807) is 6.08 Å². The van der Waals surface area contributed by atoms with Gasteiger partial charge in [-0.05, 0) is 135 Å². The van der Waals surface area contributed by atoms with Gasteiger partial charge in [-0.3, -0.25) is 4.79 Å². The van der Waals surface area contributed by atoms with Crippen molar-refractivity contribution in [3.63, 3.8) is 0 Å². The number of allylic oxidation sites excluding steroid dienone is 29. The van der Waals surface area contributed by atoms with Crippen LogP contribution in [0.5, 0.6) is 0 Å². The van der Waals surface area contributed by atoms with Crippen LogP contribution in [0.25, 0.3) is 0 Å². The minimum absolute atomic E-state index is 0.235. The fourth-order valence-electron chi connectivity index (χ4n) is 10.3. The minimum Gasteiger partial charge on any atom is -0.394 e. The zero-order valence-electron chi connectivity index (χ0n) is 57.5. The molecule has 1 aliphatic rings. The van der Waals surface area contributed by atoms with Gasteiger partial charge >= 0.3 is 0 Å². The first-order valence-corrected chi connectivity index (χ1v) is 36.5. The van der Waals surface area contributed by atoms with E-state index in [0.717, 1.165) is 116 Å². The summed E-state index contributed by atoms with van der Waals surface area (Å²) in [5.41, 5.74) is 0. The summed E-state index contributed by atoms with van der Waals surface area (Å²) >= 11 is 0. The molecule has 0 spiro atoms. The number of aliphatic hydroxyl groups excluding tert-OH is 5. The van der Waals surface area contributed by atoms with E-state index in [1.165, 1.54) is 122 Å². The summed E-state index contributed by atoms with van der Waals surface area (Å²) in [4.78, 5) is 13.1. The predicted molar refractivity (Wildman–Crippen MR) is 391 cm³/mol. The van der Waals surface area contributed by atoms with Crippen LogP contribution in [0.15, 0.2) is 182 Å². The highest BCUT2D eigenvalue weighted by Gasteiger charge is 2.44. The summed E-state index contributed by atoms with van der Waals surface area (Å²) in [6, 6.07) is -0.868. The molecule has 1 aliphatic heterocycles. The molecule has 1 heterocycles. The number of carbonyl (C=O) groups is 1. The number of aliphatic hydroxyl groups is 5. The molecule has 1 amide bonds. The Morgan fingerprint density at radius 2 is 0.692 bits per heavy atom. The molecule has 1 rings (SSSR count). The molecule has 0 bridgehead atoms. The van der Waals surface area contributed by atoms with E-state index in [9.17, 15) is 30.3 Å². The first-order chi connectivity index (χ1) is 44.8. The Hall–Kier alpha value is -4.71. The van der Waals surface area contributed by atoms with Crippen LogP contribution in [0.3, 0.4) is 0 Å². The number of hydrogen-bond donors (Lipinski definition) is 6. The maximum atomic E-state index is 13.1. The first-order valence-electron chi connectivity index (χ1n) is 36.5. The van der Waals surface area contributed by atoms with Crippen molar-refractivity contribution in [2.24, 2.45) is 0 Å². The Bertz CT molecular complexity index is 2100. The van der Waals surface area contributed by atoms with Crippen molar-refractivity contribution in [3.8, 4) is 0 Å². The Labute approximate surface area is 557 Å². The van der Waals surface area contributed by atoms with Crippen molar-refractivity contribution < 1.29 is 39.8 Å². The van der Waals surface area contributed by atoms with Gasteiger partial charge in [-0.1, -0.05) is 312 Å². The lowest BCUT2D eigenvalue weighted by atomic mass is 9.99. The monoisotopic (exact) mass is 1260 g/mol. The van der Waals surface area contributed by atoms with Crippen LogP contribution in [0, 0.1) is 0 Å². The van der Waals surface area contributed by atoms with Crippen LogP contribution in [0.4, 0.5) is 0 Å². The summed E-state index contributed by atoms with van der Waals surface area (Å²) in [6.07, 6.45) is 103. The quantitative estimate of drug-likeness (QED) is 0.0261. The first kappa shape index (κ1) is 84.3. The number of amides is 1. The summed E-state index contributed by atoms with van der Waals surface area (Å²) < 4.78 is 11.3. The van der Waals surface area contributed by atoms with Gasteiger partial charge in [-0.2, -0.15) is 0 Å². The van der Waals surface area contributed by atoms with Gasteiger partial charge in [0.1, 0.15) is 24.4 Å². The van der Waals surface area contributed by atoms with Crippen LogP contribution >= 0.6 is 0 Å². The third-order valence-corrected chi connectivity index (χ3v) is 15.9. The van der Waals surface area contributed by atoms with Crippen LogP contribution in [0.2, 0.25) is 0 Å². The number of hydrogen-bond acceptors (Lipinski definition) is 8. The Balaban J connectivity index is 2.23. The second-order valence-corrected chi connectivity index (χ2v) is 24.3. The van der Waals surface area contributed by atoms with Crippen molar-refractivity contribution in [3.05, 3.63) is 182 Å². The summed E-state index contributed by atoms with van der Waals surface area (Å²) in [5.74, 6) is -0.239. The molecule has 0 radical (unpaired) electrons. The molecule has 1 saturated heterocycles. The molecule has 1 fully saturated rings. The predicted octanol–water partition coefficient (Wildman–Crippen LogP) is 20.6. The zero-order valence-corrected chi connectivity index (χ0v) is 57.5. The number of carbonyl (C=O) groups excluding carboxylic acids is 1. The highest BCUT2D eigenvalue weighted by Crippen LogP contribution is 2.23. The third kappa shape index (κ3) is 56.5. The fourth-order valence-corrected chi connectivity index (χ4v) is 10.3. The second-order valence-electron chi connectivity index (χ2n) is 24.3. The average Bonchev–Trinajstić information content (AvgIpc) is 1.33. The van der Waals surface area contributed by atoms with Crippen molar-refractivity contribution in [1.82, 2.24) is 5.32 Å². The molecule has 91 heavy (non-hydrogen) atoms. The number of unbranched alkanes of at least 4 members (excludes halogenated alkanes) is 23. The minimum atomic E-state index is -1.60. The third-order valence-electron chi connectivity index (χ3n) is 15.9. The molecular formula is C82H133NO8. The highest BCUT2D eigenvalue weighted by molar-refractivity contribution is 5.76. The van der Waals surface area contributed by atoms with Crippen molar-refractivity contribution in [1.29, 1.82) is 0 Å². The lowest BCUT2D eigenvalue weighted by Crippen LogP contribution is -2.60. The molecule has 7 atom stereocenters. The zero-order chi connectivity index (χ0) is 65.7. The molecule has 0 aromatic carbocycles. The molecule has 9 nitrogen and oxygen atoms in total. The molecule has 514 valence electrons. The fraction of sp³-hybridized carbons (Fsp3) is 0.622. The van der Waals surface area contributed by atoms with Gasteiger partial charge in [0.25, 0.3) is 0 Å². The van der Waals surface area contributed by atoms with Crippen LogP contribution in [0.1, 0.15) is 271 Å². The molecule has 0 saturated carbocycles.